The van der Waals surface area contributed by atoms with Crippen LogP contribution in [0.3, 0.4) is 0 Å². The smallest absolute Gasteiger partial charge is 0.182 e. The summed E-state index contributed by atoms with van der Waals surface area (Å²) in [5.74, 6) is -1.69. The average molecular weight is 458 g/mol. The molecule has 0 aliphatic rings. The molecule has 0 fully saturated rings. The quantitative estimate of drug-likeness (QED) is 0.391. The number of ketones is 1. The van der Waals surface area contributed by atoms with Crippen molar-refractivity contribution in [3.63, 3.8) is 0 Å². The molecule has 0 amide bonds. The number of thiazole rings is 1. The van der Waals surface area contributed by atoms with Crippen LogP contribution in [0, 0.1) is 25.5 Å². The molecule has 6 nitrogen and oxygen atoms in total. The molecule has 166 valence electrons. The van der Waals surface area contributed by atoms with Crippen molar-refractivity contribution in [1.82, 2.24) is 14.4 Å². The van der Waals surface area contributed by atoms with Gasteiger partial charge in [0.25, 0.3) is 0 Å². The van der Waals surface area contributed by atoms with Gasteiger partial charge in [-0.05, 0) is 38.1 Å². The molecule has 0 saturated carbocycles. The van der Waals surface area contributed by atoms with Crippen LogP contribution in [0.1, 0.15) is 44.0 Å². The third-order valence-electron chi connectivity index (χ3n) is 5.13. The number of carbonyl (C=O) groups is 1. The van der Waals surface area contributed by atoms with Crippen molar-refractivity contribution < 1.29 is 23.4 Å². The number of aromatic nitrogens is 3. The molecule has 1 atom stereocenters. The molecule has 4 aromatic rings. The summed E-state index contributed by atoms with van der Waals surface area (Å²) in [5.41, 5.74) is 1.05. The van der Waals surface area contributed by atoms with Gasteiger partial charge in [-0.3, -0.25) is 9.20 Å². The lowest BCUT2D eigenvalue weighted by molar-refractivity contribution is 0.0953. The van der Waals surface area contributed by atoms with E-state index in [0.717, 1.165) is 4.88 Å². The molecule has 0 bridgehead atoms. The second kappa shape index (κ2) is 9.13. The highest BCUT2D eigenvalue weighted by molar-refractivity contribution is 7.11. The fourth-order valence-electron chi connectivity index (χ4n) is 3.54. The van der Waals surface area contributed by atoms with Gasteiger partial charge in [0, 0.05) is 29.6 Å². The third-order valence-corrected chi connectivity index (χ3v) is 6.20. The Morgan fingerprint density at radius 3 is 2.62 bits per heavy atom. The lowest BCUT2D eigenvalue weighted by Gasteiger charge is -2.11. The molecule has 0 aliphatic heterocycles. The van der Waals surface area contributed by atoms with E-state index in [4.69, 9.17) is 4.74 Å². The van der Waals surface area contributed by atoms with Crippen molar-refractivity contribution >= 4 is 22.8 Å². The first-order chi connectivity index (χ1) is 15.4. The summed E-state index contributed by atoms with van der Waals surface area (Å²) in [6, 6.07) is 6.92. The van der Waals surface area contributed by atoms with Crippen LogP contribution >= 0.6 is 11.3 Å². The zero-order chi connectivity index (χ0) is 22.8. The first kappa shape index (κ1) is 22.0. The Bertz CT molecular complexity index is 1260. The maximum atomic E-state index is 13.9. The molecule has 0 unspecified atom stereocenters. The molecule has 0 saturated heterocycles. The molecule has 3 aromatic heterocycles. The fraction of sp³-hybridized carbons (Fsp3) is 0.261. The fourth-order valence-corrected chi connectivity index (χ4v) is 4.40. The molecular weight excluding hydrogens is 436 g/mol. The summed E-state index contributed by atoms with van der Waals surface area (Å²) in [5, 5.41) is 10.5. The minimum absolute atomic E-state index is 0.0730. The molecule has 0 radical (unpaired) electrons. The van der Waals surface area contributed by atoms with E-state index in [1.807, 2.05) is 6.92 Å². The molecule has 3 heterocycles. The highest BCUT2D eigenvalue weighted by Gasteiger charge is 2.24. The molecule has 0 spiro atoms. The summed E-state index contributed by atoms with van der Waals surface area (Å²) in [4.78, 5) is 22.9. The Hall–Kier alpha value is -3.17. The molecule has 32 heavy (non-hydrogen) atoms. The monoisotopic (exact) mass is 457 g/mol. The number of hydrogen-bond acceptors (Lipinski definition) is 6. The summed E-state index contributed by atoms with van der Waals surface area (Å²) < 4.78 is 35.1. The van der Waals surface area contributed by atoms with Gasteiger partial charge >= 0.3 is 0 Å². The van der Waals surface area contributed by atoms with E-state index in [-0.39, 0.29) is 31.0 Å². The van der Waals surface area contributed by atoms with Crippen molar-refractivity contribution in [2.24, 2.45) is 0 Å². The standard InChI is InChI=1S/C23H21F2N3O3S/c1-13-10-26-23(32-13)15(11-29)9-19(30)21-14(2)27-22-20(7-4-8-28(21)22)31-12-16-17(24)5-3-6-18(16)25/h3-8,10,15,29H,9,11-12H2,1-2H3/t15-/m0/s1. The number of Topliss-reactive ketones (excluding diaryl/α,β-unsaturated/α-hetero) is 1. The lowest BCUT2D eigenvalue weighted by Crippen LogP contribution is -2.13. The summed E-state index contributed by atoms with van der Waals surface area (Å²) in [7, 11) is 0. The van der Waals surface area contributed by atoms with E-state index in [2.05, 4.69) is 9.97 Å². The topological polar surface area (TPSA) is 76.7 Å². The first-order valence-electron chi connectivity index (χ1n) is 9.98. The number of halogens is 2. The van der Waals surface area contributed by atoms with E-state index in [9.17, 15) is 18.7 Å². The second-order valence-electron chi connectivity index (χ2n) is 7.42. The molecule has 9 heteroatoms. The van der Waals surface area contributed by atoms with Crippen LogP contribution < -0.4 is 4.74 Å². The van der Waals surface area contributed by atoms with Crippen LogP contribution in [0.25, 0.3) is 5.65 Å². The number of rotatable bonds is 8. The zero-order valence-electron chi connectivity index (χ0n) is 17.5. The van der Waals surface area contributed by atoms with Crippen molar-refractivity contribution in [2.75, 3.05) is 6.61 Å². The number of aryl methyl sites for hydroxylation is 2. The Balaban J connectivity index is 1.61. The minimum atomic E-state index is -0.695. The van der Waals surface area contributed by atoms with Gasteiger partial charge in [0.05, 0.1) is 22.9 Å². The number of hydrogen-bond donors (Lipinski definition) is 1. The number of ether oxygens (including phenoxy) is 1. The van der Waals surface area contributed by atoms with Gasteiger partial charge in [-0.25, -0.2) is 18.7 Å². The average Bonchev–Trinajstić information content (AvgIpc) is 3.34. The number of aliphatic hydroxyl groups excluding tert-OH is 1. The van der Waals surface area contributed by atoms with Crippen molar-refractivity contribution in [2.45, 2.75) is 32.8 Å². The normalized spacial score (nSPS) is 12.3. The van der Waals surface area contributed by atoms with Gasteiger partial charge in [-0.15, -0.1) is 11.3 Å². The number of pyridine rings is 1. The van der Waals surface area contributed by atoms with Crippen molar-refractivity contribution in [3.05, 3.63) is 81.2 Å². The summed E-state index contributed by atoms with van der Waals surface area (Å²) in [6.45, 7) is 3.11. The SMILES string of the molecule is Cc1cnc([C@H](CO)CC(=O)c2c(C)nc3c(OCc4c(F)cccc4F)cccn23)s1. The van der Waals surface area contributed by atoms with Crippen LogP contribution in [-0.4, -0.2) is 31.9 Å². The van der Waals surface area contributed by atoms with E-state index in [0.29, 0.717) is 27.8 Å². The van der Waals surface area contributed by atoms with Crippen molar-refractivity contribution in [3.8, 4) is 5.75 Å². The maximum absolute atomic E-state index is 13.9. The number of nitrogens with zero attached hydrogens (tertiary/aromatic N) is 3. The van der Waals surface area contributed by atoms with Crippen LogP contribution in [0.2, 0.25) is 0 Å². The van der Waals surface area contributed by atoms with Gasteiger partial charge < -0.3 is 9.84 Å². The Morgan fingerprint density at radius 2 is 1.97 bits per heavy atom. The number of aliphatic hydroxyl groups is 1. The second-order valence-corrected chi connectivity index (χ2v) is 8.68. The Labute approximate surface area is 187 Å². The number of carbonyl (C=O) groups excluding carboxylic acids is 1. The summed E-state index contributed by atoms with van der Waals surface area (Å²) >= 11 is 1.45. The van der Waals surface area contributed by atoms with Gasteiger partial charge in [-0.1, -0.05) is 6.07 Å². The van der Waals surface area contributed by atoms with Gasteiger partial charge in [0.1, 0.15) is 23.9 Å². The molecule has 4 rings (SSSR count). The maximum Gasteiger partial charge on any atom is 0.182 e. The Kier molecular flexibility index (Phi) is 6.29. The van der Waals surface area contributed by atoms with E-state index < -0.39 is 17.6 Å². The number of fused-ring (bicyclic) bond motifs is 1. The molecule has 1 aromatic carbocycles. The minimum Gasteiger partial charge on any atom is -0.485 e. The molecule has 0 aliphatic carbocycles. The Morgan fingerprint density at radius 1 is 1.22 bits per heavy atom. The highest BCUT2D eigenvalue weighted by Crippen LogP contribution is 2.28. The first-order valence-corrected chi connectivity index (χ1v) is 10.8. The van der Waals surface area contributed by atoms with Gasteiger partial charge in [0.2, 0.25) is 0 Å². The van der Waals surface area contributed by atoms with Gasteiger partial charge in [-0.2, -0.15) is 0 Å². The van der Waals surface area contributed by atoms with Crippen LogP contribution in [0.4, 0.5) is 8.78 Å². The van der Waals surface area contributed by atoms with Gasteiger partial charge in [0.15, 0.2) is 17.2 Å². The van der Waals surface area contributed by atoms with Crippen LogP contribution in [0.5, 0.6) is 5.75 Å². The number of benzene rings is 1. The predicted octanol–water partition coefficient (Wildman–Crippen LogP) is 4.61. The van der Waals surface area contributed by atoms with E-state index in [1.54, 1.807) is 35.9 Å². The lowest BCUT2D eigenvalue weighted by atomic mass is 10.0. The van der Waals surface area contributed by atoms with Crippen LogP contribution in [-0.2, 0) is 6.61 Å². The largest absolute Gasteiger partial charge is 0.485 e. The number of imidazole rings is 1. The zero-order valence-corrected chi connectivity index (χ0v) is 18.3. The molecule has 1 N–H and O–H groups in total. The van der Waals surface area contributed by atoms with Crippen LogP contribution in [0.15, 0.2) is 42.7 Å². The predicted molar refractivity (Wildman–Crippen MR) is 116 cm³/mol. The third kappa shape index (κ3) is 4.26. The summed E-state index contributed by atoms with van der Waals surface area (Å²) in [6.07, 6.45) is 3.47. The molecular formula is C23H21F2N3O3S. The van der Waals surface area contributed by atoms with E-state index in [1.165, 1.54) is 29.5 Å². The van der Waals surface area contributed by atoms with Crippen molar-refractivity contribution in [1.29, 1.82) is 0 Å². The highest BCUT2D eigenvalue weighted by atomic mass is 32.1. The van der Waals surface area contributed by atoms with E-state index >= 15 is 0 Å².